The average molecular weight is 153 g/mol. The third-order valence-corrected chi connectivity index (χ3v) is 1.77. The van der Waals surface area contributed by atoms with E-state index in [9.17, 15) is 0 Å². The van der Waals surface area contributed by atoms with Crippen LogP contribution in [0.2, 0.25) is 0 Å². The highest BCUT2D eigenvalue weighted by Crippen LogP contribution is 2.13. The highest BCUT2D eigenvalue weighted by Gasteiger charge is 2.19. The van der Waals surface area contributed by atoms with Gasteiger partial charge in [-0.25, -0.2) is 4.99 Å². The number of nitrogens with zero attached hydrogens (tertiary/aromatic N) is 1. The van der Waals surface area contributed by atoms with E-state index in [2.05, 4.69) is 18.8 Å². The molecule has 0 aliphatic carbocycles. The summed E-state index contributed by atoms with van der Waals surface area (Å²) in [4.78, 5) is 4.38. The topological polar surface area (TPSA) is 21.6 Å². The number of hydrogen-bond donors (Lipinski definition) is 0. The van der Waals surface area contributed by atoms with Crippen LogP contribution in [0.1, 0.15) is 20.8 Å². The van der Waals surface area contributed by atoms with Crippen LogP contribution in [0, 0.1) is 5.92 Å². The van der Waals surface area contributed by atoms with E-state index in [0.29, 0.717) is 12.0 Å². The van der Waals surface area contributed by atoms with E-state index >= 15 is 0 Å². The largest absolute Gasteiger partial charge is 0.476 e. The van der Waals surface area contributed by atoms with Gasteiger partial charge in [0.25, 0.3) is 0 Å². The minimum absolute atomic E-state index is 0.362. The molecule has 0 aromatic carbocycles. The fourth-order valence-electron chi connectivity index (χ4n) is 0.984. The standard InChI is InChI=1S/C9H15NO/c1-4-5-9-10-8(6-11-9)7(2)3/h4-5,7-8H,6H2,1-3H3. The summed E-state index contributed by atoms with van der Waals surface area (Å²) in [5, 5.41) is 0. The first-order chi connectivity index (χ1) is 5.24. The Hall–Kier alpha value is -0.790. The molecule has 0 aromatic rings. The average Bonchev–Trinajstić information content (AvgIpc) is 2.37. The van der Waals surface area contributed by atoms with Gasteiger partial charge in [0, 0.05) is 0 Å². The highest BCUT2D eigenvalue weighted by molar-refractivity contribution is 5.88. The van der Waals surface area contributed by atoms with Crippen LogP contribution in [-0.2, 0) is 4.74 Å². The summed E-state index contributed by atoms with van der Waals surface area (Å²) in [5.41, 5.74) is 0. The molecule has 1 unspecified atom stereocenters. The van der Waals surface area contributed by atoms with Crippen LogP contribution < -0.4 is 0 Å². The summed E-state index contributed by atoms with van der Waals surface area (Å²) >= 11 is 0. The second kappa shape index (κ2) is 3.56. The molecule has 11 heavy (non-hydrogen) atoms. The van der Waals surface area contributed by atoms with Crippen molar-refractivity contribution >= 4 is 5.90 Å². The van der Waals surface area contributed by atoms with Gasteiger partial charge in [0.05, 0.1) is 6.04 Å². The lowest BCUT2D eigenvalue weighted by atomic mass is 10.1. The molecule has 62 valence electrons. The SMILES string of the molecule is CC=CC1=NC(C(C)C)CO1. The van der Waals surface area contributed by atoms with Crippen LogP contribution in [-0.4, -0.2) is 18.5 Å². The molecule has 1 heterocycles. The Morgan fingerprint density at radius 1 is 1.64 bits per heavy atom. The van der Waals surface area contributed by atoms with Gasteiger partial charge in [0.1, 0.15) is 6.61 Å². The molecule has 0 amide bonds. The van der Waals surface area contributed by atoms with Crippen molar-refractivity contribution in [3.05, 3.63) is 12.2 Å². The second-order valence-electron chi connectivity index (χ2n) is 3.09. The molecule has 2 nitrogen and oxygen atoms in total. The zero-order valence-corrected chi connectivity index (χ0v) is 7.37. The Morgan fingerprint density at radius 2 is 2.36 bits per heavy atom. The molecule has 0 saturated heterocycles. The van der Waals surface area contributed by atoms with Crippen LogP contribution in [0.5, 0.6) is 0 Å². The van der Waals surface area contributed by atoms with Crippen molar-refractivity contribution in [1.82, 2.24) is 0 Å². The number of rotatable bonds is 2. The van der Waals surface area contributed by atoms with E-state index in [-0.39, 0.29) is 0 Å². The molecule has 0 fully saturated rings. The first kappa shape index (κ1) is 8.31. The summed E-state index contributed by atoms with van der Waals surface area (Å²) in [6.07, 6.45) is 3.85. The predicted octanol–water partition coefficient (Wildman–Crippen LogP) is 2.02. The minimum Gasteiger partial charge on any atom is -0.476 e. The Labute approximate surface area is 68.0 Å². The first-order valence-electron chi connectivity index (χ1n) is 4.07. The summed E-state index contributed by atoms with van der Waals surface area (Å²) in [5.74, 6) is 1.36. The lowest BCUT2D eigenvalue weighted by Crippen LogP contribution is -2.13. The fraction of sp³-hybridized carbons (Fsp3) is 0.667. The Bertz CT molecular complexity index is 182. The smallest absolute Gasteiger partial charge is 0.208 e. The lowest BCUT2D eigenvalue weighted by molar-refractivity contribution is 0.292. The van der Waals surface area contributed by atoms with Crippen molar-refractivity contribution in [3.8, 4) is 0 Å². The highest BCUT2D eigenvalue weighted by atomic mass is 16.5. The molecule has 1 rings (SSSR count). The third kappa shape index (κ3) is 2.07. The van der Waals surface area contributed by atoms with Crippen LogP contribution in [0.3, 0.4) is 0 Å². The van der Waals surface area contributed by atoms with E-state index in [0.717, 1.165) is 12.5 Å². The van der Waals surface area contributed by atoms with E-state index in [1.807, 2.05) is 19.1 Å². The van der Waals surface area contributed by atoms with Gasteiger partial charge in [-0.1, -0.05) is 19.9 Å². The lowest BCUT2D eigenvalue weighted by Gasteiger charge is -2.06. The summed E-state index contributed by atoms with van der Waals surface area (Å²) in [7, 11) is 0. The zero-order chi connectivity index (χ0) is 8.27. The van der Waals surface area contributed by atoms with Crippen molar-refractivity contribution in [1.29, 1.82) is 0 Å². The molecule has 1 atom stereocenters. The number of ether oxygens (including phenoxy) is 1. The van der Waals surface area contributed by atoms with Crippen molar-refractivity contribution in [3.63, 3.8) is 0 Å². The summed E-state index contributed by atoms with van der Waals surface area (Å²) in [6.45, 7) is 7.04. The van der Waals surface area contributed by atoms with Crippen molar-refractivity contribution < 1.29 is 4.74 Å². The number of hydrogen-bond acceptors (Lipinski definition) is 2. The molecular weight excluding hydrogens is 138 g/mol. The maximum atomic E-state index is 5.33. The van der Waals surface area contributed by atoms with E-state index < -0.39 is 0 Å². The van der Waals surface area contributed by atoms with E-state index in [4.69, 9.17) is 4.74 Å². The Balaban J connectivity index is 2.54. The minimum atomic E-state index is 0.362. The molecule has 0 N–H and O–H groups in total. The van der Waals surface area contributed by atoms with Gasteiger partial charge in [-0.2, -0.15) is 0 Å². The maximum absolute atomic E-state index is 5.33. The van der Waals surface area contributed by atoms with E-state index in [1.165, 1.54) is 0 Å². The van der Waals surface area contributed by atoms with Gasteiger partial charge >= 0.3 is 0 Å². The first-order valence-corrected chi connectivity index (χ1v) is 4.07. The van der Waals surface area contributed by atoms with Crippen LogP contribution in [0.25, 0.3) is 0 Å². The molecule has 1 aliphatic rings. The van der Waals surface area contributed by atoms with Gasteiger partial charge in [-0.3, -0.25) is 0 Å². The van der Waals surface area contributed by atoms with Crippen LogP contribution >= 0.6 is 0 Å². The molecule has 1 aliphatic heterocycles. The van der Waals surface area contributed by atoms with Crippen LogP contribution in [0.4, 0.5) is 0 Å². The molecular formula is C9H15NO. The third-order valence-electron chi connectivity index (χ3n) is 1.77. The zero-order valence-electron chi connectivity index (χ0n) is 7.37. The second-order valence-corrected chi connectivity index (χ2v) is 3.09. The van der Waals surface area contributed by atoms with Gasteiger partial charge in [-0.15, -0.1) is 0 Å². The summed E-state index contributed by atoms with van der Waals surface area (Å²) in [6, 6.07) is 0.362. The molecule has 0 saturated carbocycles. The fourth-order valence-corrected chi connectivity index (χ4v) is 0.984. The normalized spacial score (nSPS) is 24.4. The van der Waals surface area contributed by atoms with Crippen molar-refractivity contribution in [2.24, 2.45) is 10.9 Å². The van der Waals surface area contributed by atoms with Gasteiger partial charge in [0.2, 0.25) is 5.90 Å². The quantitative estimate of drug-likeness (QED) is 0.594. The number of allylic oxidation sites excluding steroid dienone is 1. The van der Waals surface area contributed by atoms with Crippen molar-refractivity contribution in [2.75, 3.05) is 6.61 Å². The van der Waals surface area contributed by atoms with Gasteiger partial charge in [0.15, 0.2) is 0 Å². The summed E-state index contributed by atoms with van der Waals surface area (Å²) < 4.78 is 5.33. The maximum Gasteiger partial charge on any atom is 0.208 e. The Morgan fingerprint density at radius 3 is 2.82 bits per heavy atom. The molecule has 2 heteroatoms. The monoisotopic (exact) mass is 153 g/mol. The van der Waals surface area contributed by atoms with Gasteiger partial charge < -0.3 is 4.74 Å². The van der Waals surface area contributed by atoms with Gasteiger partial charge in [-0.05, 0) is 18.9 Å². The molecule has 0 bridgehead atoms. The molecule has 0 spiro atoms. The Kier molecular flexibility index (Phi) is 2.69. The van der Waals surface area contributed by atoms with Crippen LogP contribution in [0.15, 0.2) is 17.1 Å². The van der Waals surface area contributed by atoms with Crippen molar-refractivity contribution in [2.45, 2.75) is 26.8 Å². The van der Waals surface area contributed by atoms with E-state index in [1.54, 1.807) is 0 Å². The predicted molar refractivity (Wildman–Crippen MR) is 46.8 cm³/mol. The number of aliphatic imine (C=N–C) groups is 1. The molecule has 0 radical (unpaired) electrons. The molecule has 0 aromatic heterocycles.